The molecule has 4 rings (SSSR count). The number of carbonyl (C=O) groups excluding carboxylic acids is 1. The molecule has 142 valence electrons. The van der Waals surface area contributed by atoms with Crippen molar-refractivity contribution in [2.75, 3.05) is 0 Å². The van der Waals surface area contributed by atoms with Crippen LogP contribution in [0.15, 0.2) is 12.4 Å². The van der Waals surface area contributed by atoms with Crippen LogP contribution in [-0.4, -0.2) is 40.3 Å². The fourth-order valence-electron chi connectivity index (χ4n) is 3.71. The second-order valence-corrected chi connectivity index (χ2v) is 7.42. The number of amides is 1. The molecule has 0 saturated heterocycles. The van der Waals surface area contributed by atoms with Crippen LogP contribution in [0.2, 0.25) is 0 Å². The van der Waals surface area contributed by atoms with Crippen LogP contribution in [0.3, 0.4) is 0 Å². The van der Waals surface area contributed by atoms with Gasteiger partial charge in [0.1, 0.15) is 12.0 Å². The summed E-state index contributed by atoms with van der Waals surface area (Å²) in [4.78, 5) is 24.9. The molecule has 9 nitrogen and oxygen atoms in total. The Morgan fingerprint density at radius 1 is 1.26 bits per heavy atom. The average molecular weight is 368 g/mol. The highest BCUT2D eigenvalue weighted by atomic mass is 16.1. The molecule has 3 aromatic rings. The molecule has 0 unspecified atom stereocenters. The summed E-state index contributed by atoms with van der Waals surface area (Å²) in [6.07, 6.45) is 7.22. The standard InChI is InChI=1S/C18H24N8O/c1-11(2)14-8-13(22-18-20-10-21-26(14)18)17-23-16(9-15(19)27)24-25(17)12-6-4-3-5-7-12/h8,10-12H,3-7,9H2,1-2H3,(H2,19,27). The van der Waals surface area contributed by atoms with Crippen molar-refractivity contribution in [1.82, 2.24) is 34.3 Å². The van der Waals surface area contributed by atoms with Gasteiger partial charge in [-0.15, -0.1) is 0 Å². The van der Waals surface area contributed by atoms with Crippen LogP contribution >= 0.6 is 0 Å². The molecule has 1 fully saturated rings. The SMILES string of the molecule is CC(C)c1cc(-c2nc(CC(N)=O)nn2C2CCCCC2)nc2ncnn12. The minimum absolute atomic E-state index is 0.0247. The van der Waals surface area contributed by atoms with Gasteiger partial charge in [0.25, 0.3) is 5.78 Å². The zero-order valence-electron chi connectivity index (χ0n) is 15.7. The minimum Gasteiger partial charge on any atom is -0.369 e. The van der Waals surface area contributed by atoms with Crippen LogP contribution in [0.5, 0.6) is 0 Å². The van der Waals surface area contributed by atoms with Gasteiger partial charge in [0.05, 0.1) is 18.2 Å². The predicted molar refractivity (Wildman–Crippen MR) is 98.9 cm³/mol. The molecule has 1 saturated carbocycles. The lowest BCUT2D eigenvalue weighted by Crippen LogP contribution is -2.17. The predicted octanol–water partition coefficient (Wildman–Crippen LogP) is 2.04. The number of hydrogen-bond donors (Lipinski definition) is 1. The maximum atomic E-state index is 11.4. The molecule has 3 aromatic heterocycles. The third-order valence-corrected chi connectivity index (χ3v) is 5.03. The van der Waals surface area contributed by atoms with Gasteiger partial charge in [0.15, 0.2) is 11.6 Å². The molecule has 1 amide bonds. The van der Waals surface area contributed by atoms with E-state index in [-0.39, 0.29) is 18.4 Å². The molecule has 0 radical (unpaired) electrons. The number of nitrogens with two attached hydrogens (primary N) is 1. The highest BCUT2D eigenvalue weighted by Gasteiger charge is 2.24. The van der Waals surface area contributed by atoms with E-state index in [0.29, 0.717) is 23.1 Å². The van der Waals surface area contributed by atoms with Crippen molar-refractivity contribution in [2.45, 2.75) is 64.3 Å². The molecular formula is C18H24N8O. The Bertz CT molecular complexity index is 967. The normalized spacial score (nSPS) is 15.7. The van der Waals surface area contributed by atoms with Crippen LogP contribution in [0, 0.1) is 0 Å². The fraction of sp³-hybridized carbons (Fsp3) is 0.556. The first-order valence-corrected chi connectivity index (χ1v) is 9.47. The topological polar surface area (TPSA) is 117 Å². The van der Waals surface area contributed by atoms with Crippen molar-refractivity contribution >= 4 is 11.7 Å². The maximum Gasteiger partial charge on any atom is 0.253 e. The van der Waals surface area contributed by atoms with Gasteiger partial charge in [0, 0.05) is 0 Å². The Morgan fingerprint density at radius 2 is 2.04 bits per heavy atom. The number of rotatable bonds is 5. The van der Waals surface area contributed by atoms with Crippen molar-refractivity contribution in [3.05, 3.63) is 23.9 Å². The van der Waals surface area contributed by atoms with E-state index in [2.05, 4.69) is 39.0 Å². The lowest BCUT2D eigenvalue weighted by Gasteiger charge is -2.23. The summed E-state index contributed by atoms with van der Waals surface area (Å²) < 4.78 is 3.69. The summed E-state index contributed by atoms with van der Waals surface area (Å²) >= 11 is 0. The zero-order chi connectivity index (χ0) is 19.0. The first-order valence-electron chi connectivity index (χ1n) is 9.47. The van der Waals surface area contributed by atoms with Gasteiger partial charge in [-0.2, -0.15) is 15.2 Å². The smallest absolute Gasteiger partial charge is 0.253 e. The van der Waals surface area contributed by atoms with Gasteiger partial charge in [-0.1, -0.05) is 33.1 Å². The van der Waals surface area contributed by atoms with Crippen molar-refractivity contribution in [1.29, 1.82) is 0 Å². The van der Waals surface area contributed by atoms with Crippen molar-refractivity contribution in [3.8, 4) is 11.5 Å². The van der Waals surface area contributed by atoms with Crippen LogP contribution in [0.1, 0.15) is 69.4 Å². The molecule has 1 aliphatic rings. The highest BCUT2D eigenvalue weighted by Crippen LogP contribution is 2.31. The highest BCUT2D eigenvalue weighted by molar-refractivity contribution is 5.75. The summed E-state index contributed by atoms with van der Waals surface area (Å²) in [5.41, 5.74) is 7.06. The van der Waals surface area contributed by atoms with Gasteiger partial charge in [0.2, 0.25) is 5.91 Å². The van der Waals surface area contributed by atoms with Gasteiger partial charge in [-0.05, 0) is 24.8 Å². The number of nitrogens with zero attached hydrogens (tertiary/aromatic N) is 7. The number of aromatic nitrogens is 7. The van der Waals surface area contributed by atoms with Crippen LogP contribution in [0.25, 0.3) is 17.3 Å². The van der Waals surface area contributed by atoms with E-state index in [1.807, 2.05) is 10.7 Å². The molecule has 27 heavy (non-hydrogen) atoms. The van der Waals surface area contributed by atoms with E-state index < -0.39 is 5.91 Å². The summed E-state index contributed by atoms with van der Waals surface area (Å²) in [7, 11) is 0. The summed E-state index contributed by atoms with van der Waals surface area (Å²) in [6.45, 7) is 4.20. The molecule has 3 heterocycles. The zero-order valence-corrected chi connectivity index (χ0v) is 15.7. The molecule has 0 spiro atoms. The summed E-state index contributed by atoms with van der Waals surface area (Å²) in [6, 6.07) is 2.25. The van der Waals surface area contributed by atoms with Crippen LogP contribution in [0.4, 0.5) is 0 Å². The van der Waals surface area contributed by atoms with E-state index in [9.17, 15) is 4.79 Å². The third kappa shape index (κ3) is 3.41. The van der Waals surface area contributed by atoms with Crippen molar-refractivity contribution in [2.24, 2.45) is 5.73 Å². The van der Waals surface area contributed by atoms with E-state index in [4.69, 9.17) is 5.73 Å². The molecular weight excluding hydrogens is 344 g/mol. The molecule has 0 aliphatic heterocycles. The largest absolute Gasteiger partial charge is 0.369 e. The van der Waals surface area contributed by atoms with Gasteiger partial charge >= 0.3 is 0 Å². The summed E-state index contributed by atoms with van der Waals surface area (Å²) in [5, 5.41) is 8.89. The van der Waals surface area contributed by atoms with Gasteiger partial charge in [-0.3, -0.25) is 4.79 Å². The second kappa shape index (κ2) is 7.05. The molecule has 0 bridgehead atoms. The Morgan fingerprint density at radius 3 is 2.74 bits per heavy atom. The number of fused-ring (bicyclic) bond motifs is 1. The lowest BCUT2D eigenvalue weighted by molar-refractivity contribution is -0.117. The first kappa shape index (κ1) is 17.6. The van der Waals surface area contributed by atoms with E-state index in [1.165, 1.54) is 25.6 Å². The molecule has 2 N–H and O–H groups in total. The molecule has 9 heteroatoms. The quantitative estimate of drug-likeness (QED) is 0.736. The van der Waals surface area contributed by atoms with Gasteiger partial charge < -0.3 is 5.73 Å². The Balaban J connectivity index is 1.85. The number of hydrogen-bond acceptors (Lipinski definition) is 6. The van der Waals surface area contributed by atoms with E-state index >= 15 is 0 Å². The van der Waals surface area contributed by atoms with E-state index in [0.717, 1.165) is 18.5 Å². The fourth-order valence-corrected chi connectivity index (χ4v) is 3.71. The van der Waals surface area contributed by atoms with Crippen molar-refractivity contribution < 1.29 is 4.79 Å². The molecule has 0 atom stereocenters. The second-order valence-electron chi connectivity index (χ2n) is 7.42. The third-order valence-electron chi connectivity index (χ3n) is 5.03. The minimum atomic E-state index is -0.439. The number of carbonyl (C=O) groups is 1. The van der Waals surface area contributed by atoms with Gasteiger partial charge in [-0.25, -0.2) is 19.2 Å². The van der Waals surface area contributed by atoms with Crippen LogP contribution in [-0.2, 0) is 11.2 Å². The lowest BCUT2D eigenvalue weighted by atomic mass is 9.95. The first-order chi connectivity index (χ1) is 13.0. The van der Waals surface area contributed by atoms with E-state index in [1.54, 1.807) is 4.52 Å². The molecule has 0 aromatic carbocycles. The molecule has 1 aliphatic carbocycles. The monoisotopic (exact) mass is 368 g/mol. The Labute approximate surface area is 157 Å². The number of primary amides is 1. The summed E-state index contributed by atoms with van der Waals surface area (Å²) in [5.74, 6) is 1.45. The average Bonchev–Trinajstić information content (AvgIpc) is 3.27. The Kier molecular flexibility index (Phi) is 4.59. The Hall–Kier alpha value is -2.84. The van der Waals surface area contributed by atoms with Crippen molar-refractivity contribution in [3.63, 3.8) is 0 Å². The van der Waals surface area contributed by atoms with Crippen LogP contribution < -0.4 is 5.73 Å². The maximum absolute atomic E-state index is 11.4.